The average molecular weight is 327 g/mol. The fourth-order valence-electron chi connectivity index (χ4n) is 2.28. The summed E-state index contributed by atoms with van der Waals surface area (Å²) in [4.78, 5) is 22.3. The zero-order valence-corrected chi connectivity index (χ0v) is 14.0. The van der Waals surface area contributed by atoms with Gasteiger partial charge in [-0.1, -0.05) is 25.1 Å². The molecular weight excluding hydrogens is 310 g/mol. The number of anilines is 1. The number of benzene rings is 1. The zero-order chi connectivity index (χ0) is 16.4. The van der Waals surface area contributed by atoms with Crippen LogP contribution in [0.15, 0.2) is 34.7 Å². The molecule has 0 aliphatic carbocycles. The second-order valence-corrected chi connectivity index (χ2v) is 6.32. The molecule has 0 saturated heterocycles. The molecule has 5 nitrogen and oxygen atoms in total. The lowest BCUT2D eigenvalue weighted by atomic mass is 10.2. The SMILES string of the molecule is CCc1nc(NC(=O)c2nc(-c3ccccc3)oc2C)sc1C. The zero-order valence-electron chi connectivity index (χ0n) is 13.2. The summed E-state index contributed by atoms with van der Waals surface area (Å²) >= 11 is 1.47. The van der Waals surface area contributed by atoms with E-state index in [1.807, 2.05) is 44.2 Å². The molecule has 6 heteroatoms. The molecule has 1 aromatic carbocycles. The Morgan fingerprint density at radius 3 is 2.61 bits per heavy atom. The van der Waals surface area contributed by atoms with Crippen LogP contribution in [-0.2, 0) is 6.42 Å². The van der Waals surface area contributed by atoms with Gasteiger partial charge in [-0.15, -0.1) is 11.3 Å². The summed E-state index contributed by atoms with van der Waals surface area (Å²) in [7, 11) is 0. The topological polar surface area (TPSA) is 68.0 Å². The van der Waals surface area contributed by atoms with Crippen LogP contribution < -0.4 is 5.32 Å². The number of nitrogens with zero attached hydrogens (tertiary/aromatic N) is 2. The molecule has 2 heterocycles. The minimum atomic E-state index is -0.301. The van der Waals surface area contributed by atoms with Crippen molar-refractivity contribution in [3.05, 3.63) is 52.4 Å². The third-order valence-electron chi connectivity index (χ3n) is 3.48. The summed E-state index contributed by atoms with van der Waals surface area (Å²) in [6.45, 7) is 5.78. The summed E-state index contributed by atoms with van der Waals surface area (Å²) < 4.78 is 5.62. The van der Waals surface area contributed by atoms with Crippen molar-refractivity contribution in [2.45, 2.75) is 27.2 Å². The maximum atomic E-state index is 12.4. The first-order valence-electron chi connectivity index (χ1n) is 7.39. The molecule has 1 N–H and O–H groups in total. The van der Waals surface area contributed by atoms with Crippen molar-refractivity contribution in [3.63, 3.8) is 0 Å². The lowest BCUT2D eigenvalue weighted by Crippen LogP contribution is -2.13. The van der Waals surface area contributed by atoms with Crippen LogP contribution in [0.2, 0.25) is 0 Å². The largest absolute Gasteiger partial charge is 0.441 e. The second kappa shape index (κ2) is 6.34. The highest BCUT2D eigenvalue weighted by molar-refractivity contribution is 7.15. The Balaban J connectivity index is 1.84. The molecule has 0 unspecified atom stereocenters. The van der Waals surface area contributed by atoms with Crippen molar-refractivity contribution in [2.24, 2.45) is 0 Å². The number of thiazole rings is 1. The number of rotatable bonds is 4. The van der Waals surface area contributed by atoms with Gasteiger partial charge >= 0.3 is 0 Å². The van der Waals surface area contributed by atoms with Gasteiger partial charge in [0.15, 0.2) is 10.8 Å². The van der Waals surface area contributed by atoms with E-state index in [1.165, 1.54) is 11.3 Å². The normalized spacial score (nSPS) is 10.7. The van der Waals surface area contributed by atoms with E-state index in [4.69, 9.17) is 4.42 Å². The maximum absolute atomic E-state index is 12.4. The van der Waals surface area contributed by atoms with Gasteiger partial charge in [0, 0.05) is 10.4 Å². The minimum absolute atomic E-state index is 0.287. The van der Waals surface area contributed by atoms with Crippen molar-refractivity contribution >= 4 is 22.4 Å². The fraction of sp³-hybridized carbons (Fsp3) is 0.235. The molecule has 0 bridgehead atoms. The number of carbonyl (C=O) groups is 1. The molecule has 0 aliphatic rings. The van der Waals surface area contributed by atoms with Crippen molar-refractivity contribution in [2.75, 3.05) is 5.32 Å². The van der Waals surface area contributed by atoms with E-state index in [0.717, 1.165) is 22.6 Å². The van der Waals surface area contributed by atoms with Crippen LogP contribution in [0.5, 0.6) is 0 Å². The first-order chi connectivity index (χ1) is 11.1. The van der Waals surface area contributed by atoms with Gasteiger partial charge in [0.2, 0.25) is 5.89 Å². The molecule has 23 heavy (non-hydrogen) atoms. The number of aryl methyl sites for hydroxylation is 3. The standard InChI is InChI=1S/C17H17N3O2S/c1-4-13-11(3)23-17(18-13)20-15(21)14-10(2)22-16(19-14)12-8-6-5-7-9-12/h5-9H,4H2,1-3H3,(H,18,20,21). The Bertz CT molecular complexity index is 837. The number of amides is 1. The third-order valence-corrected chi connectivity index (χ3v) is 4.41. The molecule has 0 aliphatic heterocycles. The van der Waals surface area contributed by atoms with Crippen LogP contribution in [0.1, 0.15) is 33.7 Å². The molecule has 0 fully saturated rings. The van der Waals surface area contributed by atoms with E-state index in [-0.39, 0.29) is 11.6 Å². The average Bonchev–Trinajstić information content (AvgIpc) is 3.11. The lowest BCUT2D eigenvalue weighted by molar-refractivity contribution is 0.102. The van der Waals surface area contributed by atoms with Crippen molar-refractivity contribution in [1.29, 1.82) is 0 Å². The van der Waals surface area contributed by atoms with Gasteiger partial charge in [-0.2, -0.15) is 0 Å². The summed E-state index contributed by atoms with van der Waals surface area (Å²) in [5.74, 6) is 0.632. The molecule has 1 amide bonds. The van der Waals surface area contributed by atoms with E-state index in [1.54, 1.807) is 6.92 Å². The predicted octanol–water partition coefficient (Wildman–Crippen LogP) is 4.23. The Morgan fingerprint density at radius 2 is 1.96 bits per heavy atom. The Kier molecular flexibility index (Phi) is 4.25. The summed E-state index contributed by atoms with van der Waals surface area (Å²) in [6.07, 6.45) is 0.847. The lowest BCUT2D eigenvalue weighted by Gasteiger charge is -1.97. The summed E-state index contributed by atoms with van der Waals surface area (Å²) in [6, 6.07) is 9.51. The molecule has 2 aromatic heterocycles. The van der Waals surface area contributed by atoms with Gasteiger partial charge in [0.1, 0.15) is 5.76 Å². The second-order valence-electron chi connectivity index (χ2n) is 5.12. The van der Waals surface area contributed by atoms with E-state index < -0.39 is 0 Å². The number of aromatic nitrogens is 2. The molecular formula is C17H17N3O2S. The first kappa shape index (κ1) is 15.4. The van der Waals surface area contributed by atoms with Crippen molar-refractivity contribution in [3.8, 4) is 11.5 Å². The number of oxazole rings is 1. The van der Waals surface area contributed by atoms with Gasteiger partial charge in [-0.3, -0.25) is 10.1 Å². The molecule has 0 saturated carbocycles. The van der Waals surface area contributed by atoms with Crippen LogP contribution in [0.25, 0.3) is 11.5 Å². The minimum Gasteiger partial charge on any atom is -0.441 e. The van der Waals surface area contributed by atoms with E-state index >= 15 is 0 Å². The molecule has 118 valence electrons. The van der Waals surface area contributed by atoms with Crippen molar-refractivity contribution in [1.82, 2.24) is 9.97 Å². The molecule has 0 spiro atoms. The van der Waals surface area contributed by atoms with Gasteiger partial charge in [-0.05, 0) is 32.4 Å². The monoisotopic (exact) mass is 327 g/mol. The highest BCUT2D eigenvalue weighted by atomic mass is 32.1. The van der Waals surface area contributed by atoms with Gasteiger partial charge in [-0.25, -0.2) is 9.97 Å². The number of carbonyl (C=O) groups excluding carboxylic acids is 1. The van der Waals surface area contributed by atoms with E-state index in [9.17, 15) is 4.79 Å². The molecule has 0 radical (unpaired) electrons. The third kappa shape index (κ3) is 3.17. The number of hydrogen-bond donors (Lipinski definition) is 1. The summed E-state index contributed by atoms with van der Waals surface area (Å²) in [5.41, 5.74) is 2.13. The highest BCUT2D eigenvalue weighted by Gasteiger charge is 2.19. The van der Waals surface area contributed by atoms with Crippen LogP contribution in [-0.4, -0.2) is 15.9 Å². The van der Waals surface area contributed by atoms with Crippen LogP contribution in [0.3, 0.4) is 0 Å². The van der Waals surface area contributed by atoms with Gasteiger partial charge in [0.05, 0.1) is 5.69 Å². The first-order valence-corrected chi connectivity index (χ1v) is 8.20. The van der Waals surface area contributed by atoms with Gasteiger partial charge < -0.3 is 4.42 Å². The number of nitrogens with one attached hydrogen (secondary N) is 1. The fourth-order valence-corrected chi connectivity index (χ4v) is 3.17. The Labute approximate surface area is 138 Å². The van der Waals surface area contributed by atoms with Crippen LogP contribution in [0, 0.1) is 13.8 Å². The number of hydrogen-bond acceptors (Lipinski definition) is 5. The van der Waals surface area contributed by atoms with Gasteiger partial charge in [0.25, 0.3) is 5.91 Å². The highest BCUT2D eigenvalue weighted by Crippen LogP contribution is 2.25. The van der Waals surface area contributed by atoms with E-state index in [0.29, 0.717) is 16.8 Å². The van der Waals surface area contributed by atoms with Crippen LogP contribution >= 0.6 is 11.3 Å². The predicted molar refractivity (Wildman–Crippen MR) is 90.9 cm³/mol. The summed E-state index contributed by atoms with van der Waals surface area (Å²) in [5, 5.41) is 3.40. The smallest absolute Gasteiger partial charge is 0.279 e. The molecule has 3 rings (SSSR count). The van der Waals surface area contributed by atoms with Crippen molar-refractivity contribution < 1.29 is 9.21 Å². The Hall–Kier alpha value is -2.47. The van der Waals surface area contributed by atoms with Crippen LogP contribution in [0.4, 0.5) is 5.13 Å². The molecule has 3 aromatic rings. The molecule has 0 atom stereocenters. The quantitative estimate of drug-likeness (QED) is 0.778. The maximum Gasteiger partial charge on any atom is 0.279 e. The Morgan fingerprint density at radius 1 is 1.22 bits per heavy atom. The van der Waals surface area contributed by atoms with E-state index in [2.05, 4.69) is 15.3 Å².